The second-order valence-electron chi connectivity index (χ2n) is 6.50. The first-order valence-electron chi connectivity index (χ1n) is 8.63. The van der Waals surface area contributed by atoms with E-state index in [-0.39, 0.29) is 5.91 Å². The van der Waals surface area contributed by atoms with Gasteiger partial charge in [0.25, 0.3) is 0 Å². The maximum absolute atomic E-state index is 11.9. The van der Waals surface area contributed by atoms with Crippen molar-refractivity contribution in [1.82, 2.24) is 10.6 Å². The minimum Gasteiger partial charge on any atom is -0.490 e. The van der Waals surface area contributed by atoms with E-state index in [1.54, 1.807) is 7.05 Å². The molecule has 0 aliphatic carbocycles. The largest absolute Gasteiger partial charge is 0.490 e. The molecular formula is C18H28N4O3. The molecular weight excluding hydrogens is 320 g/mol. The van der Waals surface area contributed by atoms with Crippen molar-refractivity contribution in [3.63, 3.8) is 0 Å². The first kappa shape index (κ1) is 18.9. The summed E-state index contributed by atoms with van der Waals surface area (Å²) in [5.41, 5.74) is 0.267. The van der Waals surface area contributed by atoms with Crippen LogP contribution in [0.15, 0.2) is 23.2 Å². The van der Waals surface area contributed by atoms with Crippen LogP contribution in [0.4, 0.5) is 5.69 Å². The molecule has 25 heavy (non-hydrogen) atoms. The van der Waals surface area contributed by atoms with Crippen molar-refractivity contribution < 1.29 is 14.3 Å². The Morgan fingerprint density at radius 1 is 1.24 bits per heavy atom. The lowest BCUT2D eigenvalue weighted by Gasteiger charge is -2.21. The molecule has 0 aromatic heterocycles. The summed E-state index contributed by atoms with van der Waals surface area (Å²) < 4.78 is 11.4. The first-order valence-corrected chi connectivity index (χ1v) is 8.63. The van der Waals surface area contributed by atoms with E-state index in [1.807, 2.05) is 39.0 Å². The highest BCUT2D eigenvalue weighted by molar-refractivity contribution is 5.94. The van der Waals surface area contributed by atoms with E-state index in [0.717, 1.165) is 30.2 Å². The predicted molar refractivity (Wildman–Crippen MR) is 99.5 cm³/mol. The zero-order chi connectivity index (χ0) is 18.3. The molecule has 0 saturated carbocycles. The van der Waals surface area contributed by atoms with Crippen LogP contribution in [-0.2, 0) is 4.79 Å². The summed E-state index contributed by atoms with van der Waals surface area (Å²) in [7, 11) is 1.63. The van der Waals surface area contributed by atoms with Gasteiger partial charge in [-0.25, -0.2) is 0 Å². The molecule has 0 spiro atoms. The summed E-state index contributed by atoms with van der Waals surface area (Å²) in [5, 5.41) is 9.11. The van der Waals surface area contributed by atoms with Crippen LogP contribution in [0.2, 0.25) is 0 Å². The van der Waals surface area contributed by atoms with Gasteiger partial charge in [-0.3, -0.25) is 9.79 Å². The van der Waals surface area contributed by atoms with E-state index in [1.165, 1.54) is 0 Å². The molecule has 7 nitrogen and oxygen atoms in total. The molecule has 7 heteroatoms. The number of nitrogens with zero attached hydrogens (tertiary/aromatic N) is 1. The van der Waals surface area contributed by atoms with Crippen molar-refractivity contribution in [3.8, 4) is 11.5 Å². The van der Waals surface area contributed by atoms with Gasteiger partial charge >= 0.3 is 0 Å². The fourth-order valence-electron chi connectivity index (χ4n) is 2.37. The monoisotopic (exact) mass is 348 g/mol. The SMILES string of the molecule is CCNC(=NCC(C)(C)C(=O)NC)Nc1ccc2c(c1)OCCCO2. The Kier molecular flexibility index (Phi) is 6.50. The molecule has 0 atom stereocenters. The molecule has 1 aromatic rings. The second kappa shape index (κ2) is 8.60. The fourth-order valence-corrected chi connectivity index (χ4v) is 2.37. The molecule has 0 fully saturated rings. The molecule has 0 bridgehead atoms. The summed E-state index contributed by atoms with van der Waals surface area (Å²) in [6.07, 6.45) is 0.871. The average molecular weight is 348 g/mol. The van der Waals surface area contributed by atoms with Gasteiger partial charge in [0.15, 0.2) is 17.5 Å². The number of benzene rings is 1. The molecule has 0 radical (unpaired) electrons. The number of anilines is 1. The van der Waals surface area contributed by atoms with Crippen molar-refractivity contribution in [2.24, 2.45) is 10.4 Å². The topological polar surface area (TPSA) is 84.0 Å². The molecule has 138 valence electrons. The van der Waals surface area contributed by atoms with Gasteiger partial charge in [-0.05, 0) is 32.9 Å². The average Bonchev–Trinajstić information content (AvgIpc) is 2.84. The van der Waals surface area contributed by atoms with Crippen molar-refractivity contribution in [2.75, 3.05) is 38.7 Å². The number of nitrogens with one attached hydrogen (secondary N) is 3. The normalized spacial score (nSPS) is 14.5. The smallest absolute Gasteiger partial charge is 0.227 e. The standard InChI is InChI=1S/C18H28N4O3/c1-5-20-17(21-12-18(2,3)16(23)19-4)22-13-7-8-14-15(11-13)25-10-6-9-24-14/h7-8,11H,5-6,9-10,12H2,1-4H3,(H,19,23)(H2,20,21,22). The quantitative estimate of drug-likeness (QED) is 0.560. The van der Waals surface area contributed by atoms with Crippen LogP contribution in [0, 0.1) is 5.41 Å². The summed E-state index contributed by atoms with van der Waals surface area (Å²) in [5.74, 6) is 2.06. The fraction of sp³-hybridized carbons (Fsp3) is 0.556. The summed E-state index contributed by atoms with van der Waals surface area (Å²) in [6.45, 7) is 8.13. The van der Waals surface area contributed by atoms with Crippen molar-refractivity contribution in [2.45, 2.75) is 27.2 Å². The highest BCUT2D eigenvalue weighted by atomic mass is 16.5. The van der Waals surface area contributed by atoms with Gasteiger partial charge in [-0.2, -0.15) is 0 Å². The number of amides is 1. The summed E-state index contributed by atoms with van der Waals surface area (Å²) in [6, 6.07) is 5.71. The number of carbonyl (C=O) groups is 1. The number of aliphatic imine (C=N–C) groups is 1. The van der Waals surface area contributed by atoms with Crippen LogP contribution >= 0.6 is 0 Å². The molecule has 1 aromatic carbocycles. The van der Waals surface area contributed by atoms with E-state index >= 15 is 0 Å². The molecule has 0 saturated heterocycles. The van der Waals surface area contributed by atoms with Gasteiger partial charge in [0.2, 0.25) is 5.91 Å². The lowest BCUT2D eigenvalue weighted by atomic mass is 9.93. The number of carbonyl (C=O) groups excluding carboxylic acids is 1. The van der Waals surface area contributed by atoms with Crippen LogP contribution in [0.3, 0.4) is 0 Å². The highest BCUT2D eigenvalue weighted by Gasteiger charge is 2.26. The maximum atomic E-state index is 11.9. The zero-order valence-corrected chi connectivity index (χ0v) is 15.4. The van der Waals surface area contributed by atoms with Gasteiger partial charge < -0.3 is 25.4 Å². The van der Waals surface area contributed by atoms with Crippen LogP contribution < -0.4 is 25.4 Å². The Bertz CT molecular complexity index is 629. The Balaban J connectivity index is 2.12. The lowest BCUT2D eigenvalue weighted by Crippen LogP contribution is -2.38. The zero-order valence-electron chi connectivity index (χ0n) is 15.4. The molecule has 2 rings (SSSR count). The lowest BCUT2D eigenvalue weighted by molar-refractivity contribution is -0.128. The van der Waals surface area contributed by atoms with E-state index < -0.39 is 5.41 Å². The minimum absolute atomic E-state index is 0.0392. The number of fused-ring (bicyclic) bond motifs is 1. The highest BCUT2D eigenvalue weighted by Crippen LogP contribution is 2.32. The number of hydrogen-bond acceptors (Lipinski definition) is 4. The van der Waals surface area contributed by atoms with Gasteiger partial charge in [-0.15, -0.1) is 0 Å². The Morgan fingerprint density at radius 3 is 2.64 bits per heavy atom. The number of hydrogen-bond donors (Lipinski definition) is 3. The van der Waals surface area contributed by atoms with Crippen LogP contribution in [0.5, 0.6) is 11.5 Å². The third kappa shape index (κ3) is 5.27. The third-order valence-electron chi connectivity index (χ3n) is 3.83. The van der Waals surface area contributed by atoms with E-state index in [2.05, 4.69) is 20.9 Å². The van der Waals surface area contributed by atoms with Gasteiger partial charge in [-0.1, -0.05) is 0 Å². The summed E-state index contributed by atoms with van der Waals surface area (Å²) in [4.78, 5) is 16.4. The Labute approximate surface area is 149 Å². The van der Waals surface area contributed by atoms with E-state index in [0.29, 0.717) is 25.7 Å². The molecule has 1 aliphatic rings. The predicted octanol–water partition coefficient (Wildman–Crippen LogP) is 2.00. The maximum Gasteiger partial charge on any atom is 0.227 e. The van der Waals surface area contributed by atoms with Gasteiger partial charge in [0.1, 0.15) is 0 Å². The van der Waals surface area contributed by atoms with Crippen molar-refractivity contribution in [1.29, 1.82) is 0 Å². The molecule has 1 heterocycles. The van der Waals surface area contributed by atoms with Crippen molar-refractivity contribution in [3.05, 3.63) is 18.2 Å². The van der Waals surface area contributed by atoms with Crippen LogP contribution in [0.1, 0.15) is 27.2 Å². The minimum atomic E-state index is -0.582. The molecule has 1 amide bonds. The van der Waals surface area contributed by atoms with Gasteiger partial charge in [0, 0.05) is 31.8 Å². The first-order chi connectivity index (χ1) is 12.0. The number of rotatable bonds is 5. The number of ether oxygens (including phenoxy) is 2. The van der Waals surface area contributed by atoms with E-state index in [4.69, 9.17) is 9.47 Å². The van der Waals surface area contributed by atoms with Crippen molar-refractivity contribution >= 4 is 17.6 Å². The van der Waals surface area contributed by atoms with Crippen LogP contribution in [0.25, 0.3) is 0 Å². The number of guanidine groups is 1. The Hall–Kier alpha value is -2.44. The summed E-state index contributed by atoms with van der Waals surface area (Å²) >= 11 is 0. The Morgan fingerprint density at radius 2 is 1.96 bits per heavy atom. The third-order valence-corrected chi connectivity index (χ3v) is 3.83. The van der Waals surface area contributed by atoms with Crippen LogP contribution in [-0.4, -0.2) is 45.2 Å². The van der Waals surface area contributed by atoms with Gasteiger partial charge in [0.05, 0.1) is 25.2 Å². The molecule has 3 N–H and O–H groups in total. The molecule has 1 aliphatic heterocycles. The molecule has 0 unspecified atom stereocenters. The van der Waals surface area contributed by atoms with E-state index in [9.17, 15) is 4.79 Å². The second-order valence-corrected chi connectivity index (χ2v) is 6.50.